The Labute approximate surface area is 143 Å². The van der Waals surface area contributed by atoms with Gasteiger partial charge in [-0.15, -0.1) is 12.4 Å². The molecule has 5 unspecified atom stereocenters. The minimum absolute atomic E-state index is 0. The van der Waals surface area contributed by atoms with Crippen molar-refractivity contribution in [3.8, 4) is 0 Å². The first kappa shape index (κ1) is 18.5. The summed E-state index contributed by atoms with van der Waals surface area (Å²) in [7, 11) is 2.80. The summed E-state index contributed by atoms with van der Waals surface area (Å²) in [6.45, 7) is 3.09. The SMILES string of the molecule is COC(=O)C1C(C(=O)OC)C2CCC1N2CC1CCCNC1.Cl. The molecule has 3 aliphatic rings. The van der Waals surface area contributed by atoms with Crippen LogP contribution in [0.4, 0.5) is 0 Å². The highest BCUT2D eigenvalue weighted by molar-refractivity contribution is 5.85. The Bertz CT molecular complexity index is 412. The molecule has 132 valence electrons. The molecule has 0 aromatic heterocycles. The maximum absolute atomic E-state index is 12.2. The maximum atomic E-state index is 12.2. The van der Waals surface area contributed by atoms with Crippen molar-refractivity contribution in [3.05, 3.63) is 0 Å². The second-order valence-corrected chi connectivity index (χ2v) is 6.72. The molecule has 0 radical (unpaired) electrons. The summed E-state index contributed by atoms with van der Waals surface area (Å²) in [5, 5.41) is 3.44. The van der Waals surface area contributed by atoms with E-state index in [0.29, 0.717) is 5.92 Å². The predicted octanol–water partition coefficient (Wildman–Crippen LogP) is 0.833. The van der Waals surface area contributed by atoms with Crippen LogP contribution in [0.25, 0.3) is 0 Å². The molecule has 3 aliphatic heterocycles. The minimum atomic E-state index is -0.368. The summed E-state index contributed by atoms with van der Waals surface area (Å²) >= 11 is 0. The Morgan fingerprint density at radius 2 is 1.61 bits per heavy atom. The number of ether oxygens (including phenoxy) is 2. The highest BCUT2D eigenvalue weighted by atomic mass is 35.5. The Hall–Kier alpha value is -0.850. The number of hydrogen-bond donors (Lipinski definition) is 1. The van der Waals surface area contributed by atoms with Gasteiger partial charge < -0.3 is 14.8 Å². The number of carbonyl (C=O) groups is 2. The van der Waals surface area contributed by atoms with Gasteiger partial charge in [0.2, 0.25) is 0 Å². The Balaban J connectivity index is 0.00000192. The molecule has 0 spiro atoms. The zero-order chi connectivity index (χ0) is 15.7. The molecule has 2 bridgehead atoms. The van der Waals surface area contributed by atoms with E-state index in [-0.39, 0.29) is 48.3 Å². The zero-order valence-corrected chi connectivity index (χ0v) is 14.6. The quantitative estimate of drug-likeness (QED) is 0.761. The second-order valence-electron chi connectivity index (χ2n) is 6.72. The number of fused-ring (bicyclic) bond motifs is 2. The van der Waals surface area contributed by atoms with Gasteiger partial charge in [0.25, 0.3) is 0 Å². The third-order valence-corrected chi connectivity index (χ3v) is 5.64. The molecule has 0 saturated carbocycles. The summed E-state index contributed by atoms with van der Waals surface area (Å²) in [5.74, 6) is -0.671. The van der Waals surface area contributed by atoms with Crippen LogP contribution < -0.4 is 5.32 Å². The average molecular weight is 347 g/mol. The first-order chi connectivity index (χ1) is 10.7. The van der Waals surface area contributed by atoms with E-state index in [2.05, 4.69) is 10.2 Å². The van der Waals surface area contributed by atoms with Crippen molar-refractivity contribution >= 4 is 24.3 Å². The zero-order valence-electron chi connectivity index (χ0n) is 13.8. The molecule has 3 saturated heterocycles. The van der Waals surface area contributed by atoms with Crippen LogP contribution in [0.3, 0.4) is 0 Å². The van der Waals surface area contributed by atoms with Crippen LogP contribution in [0.5, 0.6) is 0 Å². The van der Waals surface area contributed by atoms with Crippen LogP contribution >= 0.6 is 12.4 Å². The highest BCUT2D eigenvalue weighted by Gasteiger charge is 2.59. The molecular weight excluding hydrogens is 320 g/mol. The van der Waals surface area contributed by atoms with E-state index in [4.69, 9.17) is 9.47 Å². The summed E-state index contributed by atoms with van der Waals surface area (Å²) < 4.78 is 9.93. The minimum Gasteiger partial charge on any atom is -0.469 e. The molecule has 3 rings (SSSR count). The number of nitrogens with one attached hydrogen (secondary N) is 1. The Morgan fingerprint density at radius 3 is 2.04 bits per heavy atom. The van der Waals surface area contributed by atoms with Gasteiger partial charge in [0, 0.05) is 18.6 Å². The van der Waals surface area contributed by atoms with Crippen molar-refractivity contribution < 1.29 is 19.1 Å². The van der Waals surface area contributed by atoms with E-state index in [0.717, 1.165) is 32.5 Å². The molecular formula is C16H27ClN2O4. The van der Waals surface area contributed by atoms with E-state index in [1.54, 1.807) is 0 Å². The number of nitrogens with zero attached hydrogens (tertiary/aromatic N) is 1. The van der Waals surface area contributed by atoms with Crippen molar-refractivity contribution in [2.75, 3.05) is 33.9 Å². The second kappa shape index (κ2) is 7.81. The van der Waals surface area contributed by atoms with Gasteiger partial charge in [-0.3, -0.25) is 14.5 Å². The van der Waals surface area contributed by atoms with Gasteiger partial charge in [0.1, 0.15) is 0 Å². The fraction of sp³-hybridized carbons (Fsp3) is 0.875. The molecule has 3 fully saturated rings. The molecule has 0 aromatic carbocycles. The lowest BCUT2D eigenvalue weighted by atomic mass is 9.79. The molecule has 3 heterocycles. The molecule has 6 nitrogen and oxygen atoms in total. The van der Waals surface area contributed by atoms with Crippen LogP contribution in [0, 0.1) is 17.8 Å². The Kier molecular flexibility index (Phi) is 6.28. The van der Waals surface area contributed by atoms with Gasteiger partial charge in [-0.2, -0.15) is 0 Å². The highest BCUT2D eigenvalue weighted by Crippen LogP contribution is 2.47. The van der Waals surface area contributed by atoms with Gasteiger partial charge in [-0.05, 0) is 44.7 Å². The number of hydrogen-bond acceptors (Lipinski definition) is 6. The molecule has 0 amide bonds. The van der Waals surface area contributed by atoms with Crippen molar-refractivity contribution in [1.29, 1.82) is 0 Å². The molecule has 23 heavy (non-hydrogen) atoms. The number of carbonyl (C=O) groups excluding carboxylic acids is 2. The fourth-order valence-corrected chi connectivity index (χ4v) is 4.70. The summed E-state index contributed by atoms with van der Waals surface area (Å²) in [6.07, 6.45) is 4.36. The normalized spacial score (nSPS) is 36.3. The smallest absolute Gasteiger partial charge is 0.311 e. The van der Waals surface area contributed by atoms with E-state index < -0.39 is 0 Å². The summed E-state index contributed by atoms with van der Waals surface area (Å²) in [5.41, 5.74) is 0. The van der Waals surface area contributed by atoms with E-state index in [1.807, 2.05) is 0 Å². The van der Waals surface area contributed by atoms with E-state index in [1.165, 1.54) is 27.1 Å². The largest absolute Gasteiger partial charge is 0.469 e. The fourth-order valence-electron chi connectivity index (χ4n) is 4.70. The summed E-state index contributed by atoms with van der Waals surface area (Å²) in [4.78, 5) is 26.8. The van der Waals surface area contributed by atoms with Crippen LogP contribution in [0.2, 0.25) is 0 Å². The van der Waals surface area contributed by atoms with E-state index in [9.17, 15) is 9.59 Å². The lowest BCUT2D eigenvalue weighted by molar-refractivity contribution is -0.157. The summed E-state index contributed by atoms with van der Waals surface area (Å²) in [6, 6.07) is 0.256. The predicted molar refractivity (Wildman–Crippen MR) is 87.4 cm³/mol. The third kappa shape index (κ3) is 3.35. The standard InChI is InChI=1S/C16H26N2O4.ClH/c1-21-15(19)13-11-5-6-12(14(13)16(20)22-2)18(11)9-10-4-3-7-17-8-10;/h10-14,17H,3-9H2,1-2H3;1H. The number of halogens is 1. The van der Waals surface area contributed by atoms with Crippen molar-refractivity contribution in [2.45, 2.75) is 37.8 Å². The maximum Gasteiger partial charge on any atom is 0.311 e. The van der Waals surface area contributed by atoms with Gasteiger partial charge in [-0.25, -0.2) is 0 Å². The number of rotatable bonds is 4. The van der Waals surface area contributed by atoms with Crippen molar-refractivity contribution in [2.24, 2.45) is 17.8 Å². The first-order valence-electron chi connectivity index (χ1n) is 8.29. The van der Waals surface area contributed by atoms with Gasteiger partial charge in [0.15, 0.2) is 0 Å². The van der Waals surface area contributed by atoms with Crippen LogP contribution in [0.15, 0.2) is 0 Å². The molecule has 5 atom stereocenters. The number of piperidine rings is 1. The number of esters is 2. The first-order valence-corrected chi connectivity index (χ1v) is 8.29. The van der Waals surface area contributed by atoms with Crippen molar-refractivity contribution in [3.63, 3.8) is 0 Å². The van der Waals surface area contributed by atoms with Crippen molar-refractivity contribution in [1.82, 2.24) is 10.2 Å². The monoisotopic (exact) mass is 346 g/mol. The van der Waals surface area contributed by atoms with Gasteiger partial charge in [0.05, 0.1) is 26.1 Å². The Morgan fingerprint density at radius 1 is 1.04 bits per heavy atom. The lowest BCUT2D eigenvalue weighted by Gasteiger charge is -2.30. The lowest BCUT2D eigenvalue weighted by Crippen LogP contribution is -2.41. The topological polar surface area (TPSA) is 67.9 Å². The molecule has 0 aromatic rings. The van der Waals surface area contributed by atoms with Gasteiger partial charge >= 0.3 is 11.9 Å². The van der Waals surface area contributed by atoms with Crippen LogP contribution in [0.1, 0.15) is 25.7 Å². The van der Waals surface area contributed by atoms with E-state index >= 15 is 0 Å². The third-order valence-electron chi connectivity index (χ3n) is 5.64. The van der Waals surface area contributed by atoms with Gasteiger partial charge in [-0.1, -0.05) is 0 Å². The van der Waals surface area contributed by atoms with Crippen LogP contribution in [-0.2, 0) is 19.1 Å². The van der Waals surface area contributed by atoms with Crippen LogP contribution in [-0.4, -0.2) is 62.8 Å². The number of methoxy groups -OCH3 is 2. The average Bonchev–Trinajstić information content (AvgIpc) is 3.09. The molecule has 7 heteroatoms. The molecule has 1 N–H and O–H groups in total. The molecule has 0 aliphatic carbocycles.